The van der Waals surface area contributed by atoms with Gasteiger partial charge < -0.3 is 24.8 Å². The molecular formula is C29H28N2O6. The van der Waals surface area contributed by atoms with E-state index in [1.165, 1.54) is 4.90 Å². The van der Waals surface area contributed by atoms with Gasteiger partial charge in [-0.1, -0.05) is 78.9 Å². The molecule has 1 unspecified atom stereocenters. The van der Waals surface area contributed by atoms with E-state index < -0.39 is 36.5 Å². The molecule has 0 aliphatic carbocycles. The number of nitrogens with one attached hydrogen (secondary N) is 1. The van der Waals surface area contributed by atoms with Crippen LogP contribution in [0.25, 0.3) is 0 Å². The second kappa shape index (κ2) is 12.0. The summed E-state index contributed by atoms with van der Waals surface area (Å²) >= 11 is 0. The number of β-lactam (4-membered cyclic amide) rings is 1. The van der Waals surface area contributed by atoms with Crippen LogP contribution in [0.1, 0.15) is 24.2 Å². The fraction of sp³-hybridized carbons (Fsp3) is 0.207. The molecule has 4 rings (SSSR count). The van der Waals surface area contributed by atoms with Crippen LogP contribution < -0.4 is 10.1 Å². The molecule has 1 aliphatic heterocycles. The zero-order chi connectivity index (χ0) is 26.2. The summed E-state index contributed by atoms with van der Waals surface area (Å²) in [6.45, 7) is 0.948. The fourth-order valence-electron chi connectivity index (χ4n) is 3.97. The van der Waals surface area contributed by atoms with Crippen LogP contribution in [0.3, 0.4) is 0 Å². The first kappa shape index (κ1) is 25.7. The van der Waals surface area contributed by atoms with Crippen molar-refractivity contribution in [3.05, 3.63) is 113 Å². The van der Waals surface area contributed by atoms with Crippen LogP contribution in [-0.2, 0) is 19.1 Å². The molecule has 0 bridgehead atoms. The molecule has 3 aromatic carbocycles. The predicted molar refractivity (Wildman–Crippen MR) is 136 cm³/mol. The van der Waals surface area contributed by atoms with Crippen LogP contribution in [0.2, 0.25) is 0 Å². The summed E-state index contributed by atoms with van der Waals surface area (Å²) in [7, 11) is 0. The van der Waals surface area contributed by atoms with Gasteiger partial charge in [0.2, 0.25) is 0 Å². The van der Waals surface area contributed by atoms with Crippen molar-refractivity contribution in [1.29, 1.82) is 0 Å². The summed E-state index contributed by atoms with van der Waals surface area (Å²) in [5.74, 6) is -1.13. The maximum atomic E-state index is 13.4. The van der Waals surface area contributed by atoms with Gasteiger partial charge in [0.05, 0.1) is 13.2 Å². The number of aliphatic hydroxyl groups is 1. The minimum absolute atomic E-state index is 0.0320. The third-order valence-electron chi connectivity index (χ3n) is 5.91. The van der Waals surface area contributed by atoms with E-state index in [1.54, 1.807) is 31.2 Å². The van der Waals surface area contributed by atoms with Gasteiger partial charge in [0, 0.05) is 0 Å². The summed E-state index contributed by atoms with van der Waals surface area (Å²) in [4.78, 5) is 39.8. The number of carbonyl (C=O) groups is 3. The van der Waals surface area contributed by atoms with E-state index in [9.17, 15) is 19.5 Å². The minimum atomic E-state index is -0.805. The maximum Gasteiger partial charge on any atom is 0.356 e. The highest BCUT2D eigenvalue weighted by Crippen LogP contribution is 2.29. The SMILES string of the molecule is CC(CO)=C(C(=O)OC(c1ccccc1)c1ccccc1)N1CC(NC(=O)COc2ccccc2)C1=O. The molecule has 2 N–H and O–H groups in total. The van der Waals surface area contributed by atoms with Gasteiger partial charge in [-0.15, -0.1) is 0 Å². The Labute approximate surface area is 215 Å². The van der Waals surface area contributed by atoms with Crippen molar-refractivity contribution in [3.8, 4) is 5.75 Å². The number of amides is 2. The van der Waals surface area contributed by atoms with E-state index in [2.05, 4.69) is 5.32 Å². The molecule has 0 saturated carbocycles. The van der Waals surface area contributed by atoms with Gasteiger partial charge in [0.1, 0.15) is 17.5 Å². The second-order valence-corrected chi connectivity index (χ2v) is 8.56. The average molecular weight is 501 g/mol. The van der Waals surface area contributed by atoms with Crippen LogP contribution in [0, 0.1) is 0 Å². The third-order valence-corrected chi connectivity index (χ3v) is 5.91. The number of carbonyl (C=O) groups excluding carboxylic acids is 3. The number of hydrogen-bond acceptors (Lipinski definition) is 6. The zero-order valence-corrected chi connectivity index (χ0v) is 20.4. The lowest BCUT2D eigenvalue weighted by molar-refractivity contribution is -0.153. The molecule has 3 aromatic rings. The Hall–Kier alpha value is -4.43. The Morgan fingerprint density at radius 2 is 1.49 bits per heavy atom. The van der Waals surface area contributed by atoms with Crippen molar-refractivity contribution < 1.29 is 29.0 Å². The molecule has 2 amide bonds. The highest BCUT2D eigenvalue weighted by molar-refractivity contribution is 6.01. The summed E-state index contributed by atoms with van der Waals surface area (Å²) in [6.07, 6.45) is -0.710. The number of hydrogen-bond donors (Lipinski definition) is 2. The molecule has 8 nitrogen and oxygen atoms in total. The van der Waals surface area contributed by atoms with Crippen molar-refractivity contribution in [1.82, 2.24) is 10.2 Å². The smallest absolute Gasteiger partial charge is 0.356 e. The number of ether oxygens (including phenoxy) is 2. The predicted octanol–water partition coefficient (Wildman–Crippen LogP) is 2.99. The van der Waals surface area contributed by atoms with Crippen LogP contribution in [0.15, 0.2) is 102 Å². The number of aliphatic hydroxyl groups excluding tert-OH is 1. The second-order valence-electron chi connectivity index (χ2n) is 8.56. The Bertz CT molecular complexity index is 1220. The number of esters is 1. The molecule has 37 heavy (non-hydrogen) atoms. The molecular weight excluding hydrogens is 472 g/mol. The number of likely N-dealkylation sites (tertiary alicyclic amines) is 1. The Balaban J connectivity index is 1.44. The van der Waals surface area contributed by atoms with Crippen LogP contribution in [0.5, 0.6) is 5.75 Å². The summed E-state index contributed by atoms with van der Waals surface area (Å²) < 4.78 is 11.3. The van der Waals surface area contributed by atoms with Crippen LogP contribution in [0.4, 0.5) is 0 Å². The lowest BCUT2D eigenvalue weighted by Gasteiger charge is -2.40. The van der Waals surface area contributed by atoms with Gasteiger partial charge in [0.15, 0.2) is 12.7 Å². The maximum absolute atomic E-state index is 13.4. The number of rotatable bonds is 10. The third kappa shape index (κ3) is 6.23. The standard InChI is InChI=1S/C29H28N2O6/c1-20(18-32)26(29(35)37-27(21-11-5-2-6-12-21)22-13-7-3-8-14-22)31-17-24(28(31)34)30-25(33)19-36-23-15-9-4-10-16-23/h2-16,24,27,32H,17-19H2,1H3,(H,30,33). The molecule has 0 radical (unpaired) electrons. The molecule has 1 aliphatic rings. The normalized spacial score (nSPS) is 15.5. The highest BCUT2D eigenvalue weighted by atomic mass is 16.5. The van der Waals surface area contributed by atoms with Gasteiger partial charge in [-0.2, -0.15) is 0 Å². The van der Waals surface area contributed by atoms with Crippen LogP contribution in [-0.4, -0.2) is 53.6 Å². The monoisotopic (exact) mass is 500 g/mol. The van der Waals surface area contributed by atoms with Crippen molar-refractivity contribution in [2.45, 2.75) is 19.1 Å². The van der Waals surface area contributed by atoms with Crippen LogP contribution >= 0.6 is 0 Å². The molecule has 0 aromatic heterocycles. The van der Waals surface area contributed by atoms with E-state index in [0.717, 1.165) is 11.1 Å². The molecule has 0 spiro atoms. The Morgan fingerprint density at radius 1 is 0.946 bits per heavy atom. The fourth-order valence-corrected chi connectivity index (χ4v) is 3.97. The van der Waals surface area contributed by atoms with Gasteiger partial charge in [-0.05, 0) is 35.8 Å². The number of para-hydroxylation sites is 1. The van der Waals surface area contributed by atoms with Crippen molar-refractivity contribution in [2.24, 2.45) is 0 Å². The van der Waals surface area contributed by atoms with Gasteiger partial charge in [0.25, 0.3) is 11.8 Å². The first-order chi connectivity index (χ1) is 18.0. The Morgan fingerprint density at radius 3 is 2.00 bits per heavy atom. The lowest BCUT2D eigenvalue weighted by atomic mass is 10.0. The largest absolute Gasteiger partial charge is 0.484 e. The topological polar surface area (TPSA) is 105 Å². The van der Waals surface area contributed by atoms with Crippen molar-refractivity contribution in [3.63, 3.8) is 0 Å². The van der Waals surface area contributed by atoms with Crippen molar-refractivity contribution >= 4 is 17.8 Å². The number of nitrogens with zero attached hydrogens (tertiary/aromatic N) is 1. The van der Waals surface area contributed by atoms with E-state index in [0.29, 0.717) is 5.75 Å². The number of benzene rings is 3. The van der Waals surface area contributed by atoms with Gasteiger partial charge in [-0.3, -0.25) is 9.59 Å². The first-order valence-electron chi connectivity index (χ1n) is 11.9. The van der Waals surface area contributed by atoms with Gasteiger partial charge in [-0.25, -0.2) is 4.79 Å². The van der Waals surface area contributed by atoms with E-state index in [1.807, 2.05) is 66.7 Å². The van der Waals surface area contributed by atoms with Gasteiger partial charge >= 0.3 is 5.97 Å². The average Bonchev–Trinajstić information content (AvgIpc) is 2.95. The van der Waals surface area contributed by atoms with Crippen molar-refractivity contribution in [2.75, 3.05) is 19.8 Å². The van der Waals surface area contributed by atoms with E-state index in [4.69, 9.17) is 9.47 Å². The minimum Gasteiger partial charge on any atom is -0.484 e. The zero-order valence-electron chi connectivity index (χ0n) is 20.4. The summed E-state index contributed by atoms with van der Waals surface area (Å²) in [5.41, 5.74) is 1.79. The molecule has 1 heterocycles. The quantitative estimate of drug-likeness (QED) is 0.252. The lowest BCUT2D eigenvalue weighted by Crippen LogP contribution is -2.64. The Kier molecular flexibility index (Phi) is 8.33. The first-order valence-corrected chi connectivity index (χ1v) is 11.9. The highest BCUT2D eigenvalue weighted by Gasteiger charge is 2.43. The summed E-state index contributed by atoms with van der Waals surface area (Å²) in [5, 5.41) is 12.4. The molecule has 1 saturated heterocycles. The molecule has 1 fully saturated rings. The van der Waals surface area contributed by atoms with E-state index >= 15 is 0 Å². The molecule has 190 valence electrons. The van der Waals surface area contributed by atoms with E-state index in [-0.39, 0.29) is 24.4 Å². The molecule has 8 heteroatoms. The summed E-state index contributed by atoms with van der Waals surface area (Å²) in [6, 6.07) is 26.6. The molecule has 1 atom stereocenters.